The second kappa shape index (κ2) is 14.8. The number of aromatic nitrogens is 6. The van der Waals surface area contributed by atoms with Crippen molar-refractivity contribution in [3.63, 3.8) is 0 Å². The van der Waals surface area contributed by atoms with Crippen LogP contribution in [-0.4, -0.2) is 61.3 Å². The molecule has 322 valence electrons. The first-order valence-electron chi connectivity index (χ1n) is 18.9. The molecule has 0 radical (unpaired) electrons. The molecule has 2 aliphatic carbocycles. The van der Waals surface area contributed by atoms with Crippen molar-refractivity contribution in [2.75, 3.05) is 11.0 Å². The van der Waals surface area contributed by atoms with Crippen molar-refractivity contribution in [2.24, 2.45) is 13.0 Å². The van der Waals surface area contributed by atoms with Gasteiger partial charge in [-0.1, -0.05) is 17.7 Å². The van der Waals surface area contributed by atoms with Gasteiger partial charge < -0.3 is 14.6 Å². The van der Waals surface area contributed by atoms with Crippen LogP contribution in [0.25, 0.3) is 33.1 Å². The monoisotopic (exact) mass is 890 g/mol. The summed E-state index contributed by atoms with van der Waals surface area (Å²) in [6.45, 7) is 3.95. The summed E-state index contributed by atoms with van der Waals surface area (Å²) in [5, 5.41) is 11.1. The third-order valence-corrected chi connectivity index (χ3v) is 11.4. The minimum absolute atomic E-state index is 0.0146. The summed E-state index contributed by atoms with van der Waals surface area (Å²) in [6, 6.07) is 7.67. The van der Waals surface area contributed by atoms with Crippen LogP contribution in [0.5, 0.6) is 0 Å². The second-order valence-electron chi connectivity index (χ2n) is 16.3. The van der Waals surface area contributed by atoms with E-state index >= 15 is 8.78 Å². The van der Waals surface area contributed by atoms with Gasteiger partial charge in [0.1, 0.15) is 41.7 Å². The Balaban J connectivity index is 1.30. The lowest BCUT2D eigenvalue weighted by Gasteiger charge is -2.23. The number of pyridine rings is 1. The Morgan fingerprint density at radius 3 is 2.38 bits per heavy atom. The van der Waals surface area contributed by atoms with Gasteiger partial charge in [0.2, 0.25) is 15.9 Å². The average molecular weight is 891 g/mol. The smallest absolute Gasteiger partial charge is 0.326 e. The van der Waals surface area contributed by atoms with Crippen LogP contribution in [-0.2, 0) is 56.8 Å². The van der Waals surface area contributed by atoms with E-state index in [1.54, 1.807) is 49.7 Å². The second-order valence-corrected chi connectivity index (χ2v) is 18.5. The van der Waals surface area contributed by atoms with Gasteiger partial charge in [0.15, 0.2) is 5.82 Å². The quantitative estimate of drug-likeness (QED) is 0.0938. The molecule has 21 heteroatoms. The van der Waals surface area contributed by atoms with Crippen molar-refractivity contribution in [1.29, 1.82) is 0 Å². The Bertz CT molecular complexity index is 2890. The van der Waals surface area contributed by atoms with Gasteiger partial charge in [-0.2, -0.15) is 19.0 Å². The molecule has 0 aliphatic heterocycles. The van der Waals surface area contributed by atoms with Gasteiger partial charge in [-0.05, 0) is 75.4 Å². The zero-order valence-electron chi connectivity index (χ0n) is 33.0. The van der Waals surface area contributed by atoms with Gasteiger partial charge in [-0.25, -0.2) is 31.0 Å². The van der Waals surface area contributed by atoms with Gasteiger partial charge in [0.25, 0.3) is 12.3 Å². The van der Waals surface area contributed by atoms with Gasteiger partial charge in [0, 0.05) is 41.9 Å². The van der Waals surface area contributed by atoms with E-state index in [0.29, 0.717) is 21.8 Å². The Hall–Kier alpha value is -5.63. The third kappa shape index (κ3) is 8.02. The number of fused-ring (bicyclic) bond motifs is 5. The number of amides is 1. The Morgan fingerprint density at radius 2 is 1.72 bits per heavy atom. The number of alkyl halides is 4. The lowest BCUT2D eigenvalue weighted by Crippen LogP contribution is -2.35. The molecule has 0 spiro atoms. The molecule has 13 nitrogen and oxygen atoms in total. The standard InChI is InChI=1S/C40H37ClF6N8O5S/c1-39(2,3)60-30(57)17-54-9-8-26-28(54)15-22(21-6-7-25(41)32-35(21)53(4)51-38(32)52-61(5,58)59)33(49-26)27(12-18-10-19(42)13-20(43)11-18)48-29(56)16-55-36-31(34(50-55)37(44)45)23-14-24(23)40(36,46)47/h6-11,13,15,23-24,27,37H,12,14,16-17H2,1-5H3,(H,48,56)(H,51,52)/t23-,24+,27?/m0/s1. The minimum atomic E-state index is -3.87. The average Bonchev–Trinajstić information content (AvgIpc) is 3.43. The fourth-order valence-corrected chi connectivity index (χ4v) is 8.97. The molecular weight excluding hydrogens is 854 g/mol. The molecule has 1 unspecified atom stereocenters. The summed E-state index contributed by atoms with van der Waals surface area (Å²) in [7, 11) is -2.34. The maximum atomic E-state index is 15.5. The summed E-state index contributed by atoms with van der Waals surface area (Å²) in [5.41, 5.74) is -1.03. The molecule has 61 heavy (non-hydrogen) atoms. The number of aryl methyl sites for hydroxylation is 1. The number of nitrogens with one attached hydrogen (secondary N) is 2. The maximum Gasteiger partial charge on any atom is 0.326 e. The zero-order chi connectivity index (χ0) is 44.1. The lowest BCUT2D eigenvalue weighted by atomic mass is 9.93. The highest BCUT2D eigenvalue weighted by molar-refractivity contribution is 7.92. The van der Waals surface area contributed by atoms with Gasteiger partial charge in [-0.15, -0.1) is 0 Å². The van der Waals surface area contributed by atoms with Crippen LogP contribution in [0.3, 0.4) is 0 Å². The molecule has 1 amide bonds. The SMILES string of the molecule is Cn1nc(NS(C)(=O)=O)c2c(Cl)ccc(-c3cc4c(ccn4CC(=O)OC(C)(C)C)nc3C(Cc3cc(F)cc(F)c3)NC(=O)Cn3nc(C(F)F)c4c3C(F)(F)[C@@H]3C[C@H]43)c21. The van der Waals surface area contributed by atoms with E-state index in [1.165, 1.54) is 17.8 Å². The number of ether oxygens (including phenoxy) is 1. The van der Waals surface area contributed by atoms with Crippen LogP contribution >= 0.6 is 11.6 Å². The van der Waals surface area contributed by atoms with E-state index in [-0.39, 0.29) is 69.0 Å². The van der Waals surface area contributed by atoms with E-state index in [4.69, 9.17) is 21.3 Å². The van der Waals surface area contributed by atoms with E-state index in [0.717, 1.165) is 18.4 Å². The Kier molecular flexibility index (Phi) is 10.2. The van der Waals surface area contributed by atoms with Crippen LogP contribution in [0.4, 0.5) is 32.2 Å². The number of halogens is 7. The predicted molar refractivity (Wildman–Crippen MR) is 212 cm³/mol. The summed E-state index contributed by atoms with van der Waals surface area (Å²) in [5.74, 6) is -9.03. The molecule has 4 aromatic heterocycles. The summed E-state index contributed by atoms with van der Waals surface area (Å²) >= 11 is 6.66. The molecular formula is C40H37ClF6N8O5S. The Morgan fingerprint density at radius 1 is 1.02 bits per heavy atom. The molecule has 2 N–H and O–H groups in total. The number of benzene rings is 2. The highest BCUT2D eigenvalue weighted by atomic mass is 35.5. The van der Waals surface area contributed by atoms with Crippen LogP contribution in [0.1, 0.15) is 73.8 Å². The number of carbonyl (C=O) groups is 2. The molecule has 1 saturated carbocycles. The molecule has 4 heterocycles. The summed E-state index contributed by atoms with van der Waals surface area (Å²) in [4.78, 5) is 32.0. The molecule has 3 atom stereocenters. The van der Waals surface area contributed by atoms with Crippen molar-refractivity contribution in [3.05, 3.63) is 93.5 Å². The van der Waals surface area contributed by atoms with Gasteiger partial charge in [-0.3, -0.25) is 23.7 Å². The summed E-state index contributed by atoms with van der Waals surface area (Å²) in [6.07, 6.45) is -1.00. The van der Waals surface area contributed by atoms with Crippen LogP contribution in [0.15, 0.2) is 48.7 Å². The van der Waals surface area contributed by atoms with Crippen molar-refractivity contribution < 1.29 is 49.1 Å². The van der Waals surface area contributed by atoms with Crippen molar-refractivity contribution >= 4 is 61.3 Å². The topological polar surface area (TPSA) is 155 Å². The van der Waals surface area contributed by atoms with Crippen LogP contribution in [0.2, 0.25) is 5.02 Å². The zero-order valence-corrected chi connectivity index (χ0v) is 34.6. The van der Waals surface area contributed by atoms with E-state index in [9.17, 15) is 35.6 Å². The highest BCUT2D eigenvalue weighted by Crippen LogP contribution is 2.68. The lowest BCUT2D eigenvalue weighted by molar-refractivity contribution is -0.155. The Labute approximate surface area is 349 Å². The molecule has 0 saturated heterocycles. The normalized spacial score (nSPS) is 17.5. The summed E-state index contributed by atoms with van der Waals surface area (Å²) < 4.78 is 125. The highest BCUT2D eigenvalue weighted by Gasteiger charge is 2.67. The molecule has 8 rings (SSSR count). The van der Waals surface area contributed by atoms with Crippen molar-refractivity contribution in [2.45, 2.75) is 76.6 Å². The van der Waals surface area contributed by atoms with Gasteiger partial charge in [0.05, 0.1) is 45.0 Å². The molecule has 0 bridgehead atoms. The third-order valence-electron chi connectivity index (χ3n) is 10.5. The first-order valence-corrected chi connectivity index (χ1v) is 21.1. The molecule has 6 aromatic rings. The fourth-order valence-electron chi connectivity index (χ4n) is 8.23. The predicted octanol–water partition coefficient (Wildman–Crippen LogP) is 7.68. The van der Waals surface area contributed by atoms with Crippen molar-refractivity contribution in [1.82, 2.24) is 34.4 Å². The van der Waals surface area contributed by atoms with Crippen molar-refractivity contribution in [3.8, 4) is 11.1 Å². The number of sulfonamides is 1. The van der Waals surface area contributed by atoms with Gasteiger partial charge >= 0.3 is 5.97 Å². The number of hydrogen-bond acceptors (Lipinski definition) is 8. The molecule has 1 fully saturated rings. The van der Waals surface area contributed by atoms with E-state index < -0.39 is 87.3 Å². The van der Waals surface area contributed by atoms with Crippen LogP contribution < -0.4 is 10.0 Å². The fraction of sp³-hybridized carbons (Fsp3) is 0.375. The maximum absolute atomic E-state index is 15.5. The van der Waals surface area contributed by atoms with E-state index in [1.807, 2.05) is 0 Å². The number of nitrogens with zero attached hydrogens (tertiary/aromatic N) is 6. The number of hydrogen-bond donors (Lipinski definition) is 2. The number of carbonyl (C=O) groups excluding carboxylic acids is 2. The largest absolute Gasteiger partial charge is 0.459 e. The molecule has 2 aliphatic rings. The number of anilines is 1. The number of rotatable bonds is 12. The van der Waals surface area contributed by atoms with Crippen LogP contribution in [0, 0.1) is 17.6 Å². The first-order chi connectivity index (χ1) is 28.5. The first kappa shape index (κ1) is 42.1. The minimum Gasteiger partial charge on any atom is -0.459 e. The molecule has 2 aromatic carbocycles. The van der Waals surface area contributed by atoms with E-state index in [2.05, 4.69) is 20.2 Å². The number of esters is 1.